The minimum Gasteiger partial charge on any atom is -0.493 e. The van der Waals surface area contributed by atoms with Crippen molar-refractivity contribution in [3.63, 3.8) is 0 Å². The van der Waals surface area contributed by atoms with E-state index in [0.29, 0.717) is 21.6 Å². The molecule has 0 aromatic heterocycles. The molecule has 1 unspecified atom stereocenters. The molecule has 7 heteroatoms. The first kappa shape index (κ1) is 19.5. The van der Waals surface area contributed by atoms with Gasteiger partial charge in [-0.1, -0.05) is 49.1 Å². The van der Waals surface area contributed by atoms with Crippen LogP contribution in [0.25, 0.3) is 6.08 Å². The smallest absolute Gasteiger partial charge is 0.326 e. The first-order chi connectivity index (χ1) is 12.0. The third-order valence-electron chi connectivity index (χ3n) is 3.57. The molecule has 0 bridgehead atoms. The minimum absolute atomic E-state index is 0.167. The molecular formula is C18H21NO4S2. The average molecular weight is 380 g/mol. The number of rotatable bonds is 7. The van der Waals surface area contributed by atoms with Crippen molar-refractivity contribution in [1.29, 1.82) is 0 Å². The number of benzene rings is 1. The summed E-state index contributed by atoms with van der Waals surface area (Å²) in [7, 11) is 0. The topological polar surface area (TPSA) is 55.8 Å². The molecule has 1 atom stereocenters. The van der Waals surface area contributed by atoms with Gasteiger partial charge >= 0.3 is 5.97 Å². The maximum absolute atomic E-state index is 12.6. The molecule has 1 aliphatic rings. The molecular weight excluding hydrogens is 358 g/mol. The number of thiocarbonyl (C=S) groups is 1. The molecule has 134 valence electrons. The molecule has 1 saturated heterocycles. The van der Waals surface area contributed by atoms with E-state index in [-0.39, 0.29) is 18.6 Å². The SMILES string of the molecule is CCOc1ccccc1/C=C1/SC(=S)N(CC(=O)OC(C)CC)C1=O. The minimum atomic E-state index is -0.457. The van der Waals surface area contributed by atoms with E-state index < -0.39 is 5.97 Å². The van der Waals surface area contributed by atoms with E-state index >= 15 is 0 Å². The monoisotopic (exact) mass is 379 g/mol. The molecule has 2 rings (SSSR count). The first-order valence-electron chi connectivity index (χ1n) is 8.12. The Labute approximate surface area is 157 Å². The molecule has 1 aromatic carbocycles. The normalized spacial score (nSPS) is 17.1. The van der Waals surface area contributed by atoms with Crippen molar-refractivity contribution in [2.24, 2.45) is 0 Å². The molecule has 0 aliphatic carbocycles. The van der Waals surface area contributed by atoms with E-state index in [1.807, 2.05) is 45.0 Å². The summed E-state index contributed by atoms with van der Waals surface area (Å²) < 4.78 is 11.1. The van der Waals surface area contributed by atoms with Crippen molar-refractivity contribution >= 4 is 46.3 Å². The number of esters is 1. The summed E-state index contributed by atoms with van der Waals surface area (Å²) in [6.07, 6.45) is 2.28. The molecule has 0 saturated carbocycles. The van der Waals surface area contributed by atoms with Crippen LogP contribution in [0.3, 0.4) is 0 Å². The molecule has 0 spiro atoms. The van der Waals surface area contributed by atoms with Crippen molar-refractivity contribution in [2.45, 2.75) is 33.3 Å². The Hall–Kier alpha value is -1.86. The first-order valence-corrected chi connectivity index (χ1v) is 9.35. The zero-order valence-corrected chi connectivity index (χ0v) is 16.1. The van der Waals surface area contributed by atoms with Gasteiger partial charge in [-0.15, -0.1) is 0 Å². The number of carbonyl (C=O) groups excluding carboxylic acids is 2. The summed E-state index contributed by atoms with van der Waals surface area (Å²) in [6, 6.07) is 7.46. The van der Waals surface area contributed by atoms with Crippen LogP contribution in [0.5, 0.6) is 5.75 Å². The van der Waals surface area contributed by atoms with Crippen molar-refractivity contribution in [1.82, 2.24) is 4.90 Å². The van der Waals surface area contributed by atoms with Crippen LogP contribution in [-0.2, 0) is 14.3 Å². The van der Waals surface area contributed by atoms with Crippen molar-refractivity contribution in [3.8, 4) is 5.75 Å². The van der Waals surface area contributed by atoms with Crippen LogP contribution >= 0.6 is 24.0 Å². The lowest BCUT2D eigenvalue weighted by Gasteiger charge is -2.16. The Morgan fingerprint density at radius 2 is 2.08 bits per heavy atom. The highest BCUT2D eigenvalue weighted by molar-refractivity contribution is 8.26. The lowest BCUT2D eigenvalue weighted by atomic mass is 10.2. The van der Waals surface area contributed by atoms with Gasteiger partial charge in [-0.05, 0) is 32.4 Å². The summed E-state index contributed by atoms with van der Waals surface area (Å²) in [5.74, 6) is -0.0459. The Balaban J connectivity index is 2.14. The van der Waals surface area contributed by atoms with Crippen molar-refractivity contribution in [2.75, 3.05) is 13.2 Å². The molecule has 1 aromatic rings. The molecule has 1 heterocycles. The number of thioether (sulfide) groups is 1. The van der Waals surface area contributed by atoms with Gasteiger partial charge in [-0.3, -0.25) is 14.5 Å². The summed E-state index contributed by atoms with van der Waals surface area (Å²) in [5, 5.41) is 0. The van der Waals surface area contributed by atoms with E-state index in [4.69, 9.17) is 21.7 Å². The molecule has 25 heavy (non-hydrogen) atoms. The number of para-hydroxylation sites is 1. The molecule has 1 amide bonds. The standard InChI is InChI=1S/C18H21NO4S2/c1-4-12(3)23-16(20)11-19-17(21)15(25-18(19)24)10-13-8-6-7-9-14(13)22-5-2/h6-10,12H,4-5,11H2,1-3H3/b15-10+. The van der Waals surface area contributed by atoms with E-state index in [9.17, 15) is 9.59 Å². The van der Waals surface area contributed by atoms with Gasteiger partial charge in [-0.2, -0.15) is 0 Å². The van der Waals surface area contributed by atoms with E-state index in [1.165, 1.54) is 16.7 Å². The Morgan fingerprint density at radius 1 is 1.36 bits per heavy atom. The largest absolute Gasteiger partial charge is 0.493 e. The fourth-order valence-corrected chi connectivity index (χ4v) is 3.38. The van der Waals surface area contributed by atoms with Crippen LogP contribution in [0.1, 0.15) is 32.8 Å². The number of ether oxygens (including phenoxy) is 2. The lowest BCUT2D eigenvalue weighted by Crippen LogP contribution is -2.35. The van der Waals surface area contributed by atoms with Crippen LogP contribution in [-0.4, -0.2) is 40.4 Å². The fraction of sp³-hybridized carbons (Fsp3) is 0.389. The van der Waals surface area contributed by atoms with Gasteiger partial charge in [-0.25, -0.2) is 0 Å². The Morgan fingerprint density at radius 3 is 2.76 bits per heavy atom. The van der Waals surface area contributed by atoms with Gasteiger partial charge in [0.05, 0.1) is 17.6 Å². The highest BCUT2D eigenvalue weighted by Gasteiger charge is 2.34. The van der Waals surface area contributed by atoms with Gasteiger partial charge < -0.3 is 9.47 Å². The number of carbonyl (C=O) groups is 2. The number of hydrogen-bond acceptors (Lipinski definition) is 6. The number of amides is 1. The predicted octanol–water partition coefficient (Wildman–Crippen LogP) is 3.63. The van der Waals surface area contributed by atoms with Crippen LogP contribution in [0.4, 0.5) is 0 Å². The summed E-state index contributed by atoms with van der Waals surface area (Å²) in [5.41, 5.74) is 0.798. The lowest BCUT2D eigenvalue weighted by molar-refractivity contribution is -0.150. The predicted molar refractivity (Wildman–Crippen MR) is 103 cm³/mol. The van der Waals surface area contributed by atoms with Gasteiger partial charge in [0.2, 0.25) is 0 Å². The molecule has 5 nitrogen and oxygen atoms in total. The van der Waals surface area contributed by atoms with E-state index in [1.54, 1.807) is 6.08 Å². The van der Waals surface area contributed by atoms with Gasteiger partial charge in [0, 0.05) is 5.56 Å². The van der Waals surface area contributed by atoms with Gasteiger partial charge in [0.15, 0.2) is 0 Å². The summed E-state index contributed by atoms with van der Waals surface area (Å²) in [4.78, 5) is 26.3. The van der Waals surface area contributed by atoms with Gasteiger partial charge in [0.25, 0.3) is 5.91 Å². The number of nitrogens with zero attached hydrogens (tertiary/aromatic N) is 1. The van der Waals surface area contributed by atoms with Crippen LogP contribution in [0.2, 0.25) is 0 Å². The Bertz CT molecular complexity index is 702. The zero-order chi connectivity index (χ0) is 18.4. The van der Waals surface area contributed by atoms with E-state index in [0.717, 1.165) is 12.0 Å². The third kappa shape index (κ3) is 5.06. The number of hydrogen-bond donors (Lipinski definition) is 0. The zero-order valence-electron chi connectivity index (χ0n) is 14.5. The second-order valence-corrected chi connectivity index (χ2v) is 7.12. The quantitative estimate of drug-likeness (QED) is 0.410. The van der Waals surface area contributed by atoms with Crippen molar-refractivity contribution in [3.05, 3.63) is 34.7 Å². The van der Waals surface area contributed by atoms with Gasteiger partial charge in [0.1, 0.15) is 16.6 Å². The van der Waals surface area contributed by atoms with E-state index in [2.05, 4.69) is 0 Å². The molecule has 1 aliphatic heterocycles. The van der Waals surface area contributed by atoms with Crippen LogP contribution in [0, 0.1) is 0 Å². The maximum Gasteiger partial charge on any atom is 0.326 e. The molecule has 0 radical (unpaired) electrons. The third-order valence-corrected chi connectivity index (χ3v) is 4.95. The second kappa shape index (κ2) is 9.01. The maximum atomic E-state index is 12.6. The fourth-order valence-electron chi connectivity index (χ4n) is 2.14. The second-order valence-electron chi connectivity index (χ2n) is 5.45. The van der Waals surface area contributed by atoms with Crippen molar-refractivity contribution < 1.29 is 19.1 Å². The Kier molecular flexibility index (Phi) is 7.01. The average Bonchev–Trinajstić information content (AvgIpc) is 2.84. The molecule has 0 N–H and O–H groups in total. The summed E-state index contributed by atoms with van der Waals surface area (Å²) in [6.45, 7) is 6.01. The highest BCUT2D eigenvalue weighted by Crippen LogP contribution is 2.34. The van der Waals surface area contributed by atoms with Crippen LogP contribution in [0.15, 0.2) is 29.2 Å². The van der Waals surface area contributed by atoms with Crippen LogP contribution < -0.4 is 4.74 Å². The summed E-state index contributed by atoms with van der Waals surface area (Å²) >= 11 is 6.42. The highest BCUT2D eigenvalue weighted by atomic mass is 32.2. The molecule has 1 fully saturated rings.